The lowest BCUT2D eigenvalue weighted by Gasteiger charge is -2.08. The van der Waals surface area contributed by atoms with Crippen LogP contribution in [0.5, 0.6) is 5.75 Å². The summed E-state index contributed by atoms with van der Waals surface area (Å²) in [7, 11) is 0. The van der Waals surface area contributed by atoms with E-state index in [0.717, 1.165) is 28.3 Å². The second-order valence-electron chi connectivity index (χ2n) is 7.15. The van der Waals surface area contributed by atoms with E-state index in [2.05, 4.69) is 20.2 Å². The van der Waals surface area contributed by atoms with Gasteiger partial charge in [-0.2, -0.15) is 10.1 Å². The number of hydrogen-bond donors (Lipinski definition) is 0. The maximum atomic E-state index is 5.95. The molecule has 0 fully saturated rings. The molecule has 0 aliphatic heterocycles. The second kappa shape index (κ2) is 7.62. The SMILES string of the molecule is c1ccc(OCc2nc3ccccc3n2Cc2nc(-c3ccnc4ccnn34)no2)cc1. The van der Waals surface area contributed by atoms with Crippen molar-refractivity contribution in [2.24, 2.45) is 0 Å². The van der Waals surface area contributed by atoms with E-state index in [-0.39, 0.29) is 0 Å². The first-order valence-electron chi connectivity index (χ1n) is 10.1. The largest absolute Gasteiger partial charge is 0.486 e. The van der Waals surface area contributed by atoms with Crippen molar-refractivity contribution >= 4 is 16.7 Å². The molecule has 0 N–H and O–H groups in total. The molecule has 0 spiro atoms. The number of rotatable bonds is 6. The number of ether oxygens (including phenoxy) is 1. The van der Waals surface area contributed by atoms with Crippen molar-refractivity contribution in [3.8, 4) is 17.3 Å². The van der Waals surface area contributed by atoms with Crippen LogP contribution in [0, 0.1) is 0 Å². The lowest BCUT2D eigenvalue weighted by Crippen LogP contribution is -2.08. The third kappa shape index (κ3) is 3.25. The van der Waals surface area contributed by atoms with E-state index in [1.165, 1.54) is 0 Å². The molecule has 0 saturated carbocycles. The second-order valence-corrected chi connectivity index (χ2v) is 7.15. The van der Waals surface area contributed by atoms with E-state index in [1.54, 1.807) is 23.0 Å². The average Bonchev–Trinajstić information content (AvgIpc) is 3.57. The van der Waals surface area contributed by atoms with Gasteiger partial charge in [-0.05, 0) is 30.3 Å². The van der Waals surface area contributed by atoms with Crippen LogP contribution < -0.4 is 4.74 Å². The van der Waals surface area contributed by atoms with Crippen LogP contribution in [0.1, 0.15) is 11.7 Å². The molecule has 0 saturated heterocycles. The third-order valence-corrected chi connectivity index (χ3v) is 5.13. The van der Waals surface area contributed by atoms with E-state index in [4.69, 9.17) is 14.2 Å². The minimum Gasteiger partial charge on any atom is -0.486 e. The minimum atomic E-state index is 0.317. The fourth-order valence-corrected chi connectivity index (χ4v) is 3.64. The quantitative estimate of drug-likeness (QED) is 0.402. The summed E-state index contributed by atoms with van der Waals surface area (Å²) in [4.78, 5) is 13.6. The third-order valence-electron chi connectivity index (χ3n) is 5.13. The fourth-order valence-electron chi connectivity index (χ4n) is 3.64. The Bertz CT molecular complexity index is 1520. The molecule has 156 valence electrons. The molecule has 0 atom stereocenters. The highest BCUT2D eigenvalue weighted by Gasteiger charge is 2.17. The van der Waals surface area contributed by atoms with Crippen LogP contribution in [0.2, 0.25) is 0 Å². The summed E-state index contributed by atoms with van der Waals surface area (Å²) in [6, 6.07) is 21.2. The first-order chi connectivity index (χ1) is 15.8. The van der Waals surface area contributed by atoms with Gasteiger partial charge in [0.15, 0.2) is 5.65 Å². The Morgan fingerprint density at radius 2 is 1.75 bits per heavy atom. The fraction of sp³-hybridized carbons (Fsp3) is 0.0870. The van der Waals surface area contributed by atoms with Crippen molar-refractivity contribution in [1.29, 1.82) is 0 Å². The Kier molecular flexibility index (Phi) is 4.35. The van der Waals surface area contributed by atoms with Crippen LogP contribution in [0.4, 0.5) is 0 Å². The molecule has 32 heavy (non-hydrogen) atoms. The molecule has 6 aromatic rings. The molecule has 9 nitrogen and oxygen atoms in total. The van der Waals surface area contributed by atoms with Gasteiger partial charge in [-0.3, -0.25) is 0 Å². The standard InChI is InChI=1S/C23H17N7O2/c1-2-6-16(7-3-1)31-15-21-26-17-8-4-5-9-18(17)29(21)14-22-27-23(28-32-22)19-10-12-24-20-11-13-25-30(19)20/h1-13H,14-15H2. The Morgan fingerprint density at radius 1 is 0.875 bits per heavy atom. The molecule has 0 radical (unpaired) electrons. The molecule has 0 unspecified atom stereocenters. The zero-order valence-electron chi connectivity index (χ0n) is 16.9. The first kappa shape index (κ1) is 18.3. The van der Waals surface area contributed by atoms with Crippen LogP contribution in [0.15, 0.2) is 83.6 Å². The van der Waals surface area contributed by atoms with Crippen molar-refractivity contribution in [2.75, 3.05) is 0 Å². The number of imidazole rings is 1. The van der Waals surface area contributed by atoms with Gasteiger partial charge >= 0.3 is 0 Å². The summed E-state index contributed by atoms with van der Waals surface area (Å²) in [5.41, 5.74) is 3.27. The zero-order chi connectivity index (χ0) is 21.3. The normalized spacial score (nSPS) is 11.4. The van der Waals surface area contributed by atoms with Gasteiger partial charge in [0.1, 0.15) is 30.4 Å². The van der Waals surface area contributed by atoms with Gasteiger partial charge in [0.2, 0.25) is 11.7 Å². The van der Waals surface area contributed by atoms with Crippen LogP contribution in [0.3, 0.4) is 0 Å². The number of fused-ring (bicyclic) bond motifs is 2. The molecule has 0 aliphatic carbocycles. The first-order valence-corrected chi connectivity index (χ1v) is 10.1. The molecular weight excluding hydrogens is 406 g/mol. The van der Waals surface area contributed by atoms with E-state index in [1.807, 2.05) is 65.2 Å². The van der Waals surface area contributed by atoms with E-state index in [0.29, 0.717) is 30.6 Å². The van der Waals surface area contributed by atoms with Gasteiger partial charge in [0.25, 0.3) is 0 Å². The van der Waals surface area contributed by atoms with E-state index >= 15 is 0 Å². The summed E-state index contributed by atoms with van der Waals surface area (Å²) in [6.45, 7) is 0.687. The van der Waals surface area contributed by atoms with Crippen LogP contribution in [0.25, 0.3) is 28.2 Å². The van der Waals surface area contributed by atoms with Crippen molar-refractivity contribution in [1.82, 2.24) is 34.3 Å². The van der Waals surface area contributed by atoms with Gasteiger partial charge in [-0.1, -0.05) is 35.5 Å². The Labute approximate surface area is 181 Å². The predicted octanol–water partition coefficient (Wildman–Crippen LogP) is 3.76. The monoisotopic (exact) mass is 423 g/mol. The minimum absolute atomic E-state index is 0.317. The van der Waals surface area contributed by atoms with E-state index in [9.17, 15) is 0 Å². The van der Waals surface area contributed by atoms with Crippen molar-refractivity contribution in [2.45, 2.75) is 13.2 Å². The lowest BCUT2D eigenvalue weighted by atomic mass is 10.3. The molecule has 2 aromatic carbocycles. The number of hydrogen-bond acceptors (Lipinski definition) is 7. The molecule has 0 amide bonds. The lowest BCUT2D eigenvalue weighted by molar-refractivity contribution is 0.288. The Balaban J connectivity index is 1.33. The van der Waals surface area contributed by atoms with Crippen LogP contribution >= 0.6 is 0 Å². The van der Waals surface area contributed by atoms with Crippen molar-refractivity contribution in [3.63, 3.8) is 0 Å². The van der Waals surface area contributed by atoms with Gasteiger partial charge in [-0.15, -0.1) is 0 Å². The number of para-hydroxylation sites is 3. The van der Waals surface area contributed by atoms with Crippen LogP contribution in [-0.4, -0.2) is 34.3 Å². The molecule has 0 aliphatic rings. The molecule has 9 heteroatoms. The number of aromatic nitrogens is 7. The smallest absolute Gasteiger partial charge is 0.247 e. The highest BCUT2D eigenvalue weighted by atomic mass is 16.5. The molecular formula is C23H17N7O2. The highest BCUT2D eigenvalue weighted by molar-refractivity contribution is 5.76. The van der Waals surface area contributed by atoms with Gasteiger partial charge in [-0.25, -0.2) is 14.5 Å². The average molecular weight is 423 g/mol. The maximum absolute atomic E-state index is 5.95. The van der Waals surface area contributed by atoms with Crippen molar-refractivity contribution < 1.29 is 9.26 Å². The summed E-state index contributed by atoms with van der Waals surface area (Å²) < 4.78 is 15.2. The van der Waals surface area contributed by atoms with Gasteiger partial charge < -0.3 is 13.8 Å². The Hall–Kier alpha value is -4.53. The van der Waals surface area contributed by atoms with Gasteiger partial charge in [0.05, 0.1) is 17.2 Å². The number of benzene rings is 2. The summed E-state index contributed by atoms with van der Waals surface area (Å²) in [6.07, 6.45) is 3.38. The topological polar surface area (TPSA) is 96.2 Å². The number of nitrogens with zero attached hydrogens (tertiary/aromatic N) is 7. The van der Waals surface area contributed by atoms with E-state index < -0.39 is 0 Å². The van der Waals surface area contributed by atoms with Crippen molar-refractivity contribution in [3.05, 3.63) is 90.8 Å². The zero-order valence-corrected chi connectivity index (χ0v) is 16.9. The maximum Gasteiger partial charge on any atom is 0.247 e. The highest BCUT2D eigenvalue weighted by Crippen LogP contribution is 2.21. The summed E-state index contributed by atoms with van der Waals surface area (Å²) in [5.74, 6) is 2.46. The Morgan fingerprint density at radius 3 is 2.69 bits per heavy atom. The molecule has 0 bridgehead atoms. The van der Waals surface area contributed by atoms with Gasteiger partial charge in [0, 0.05) is 12.3 Å². The molecule has 4 aromatic heterocycles. The predicted molar refractivity (Wildman–Crippen MR) is 116 cm³/mol. The summed E-state index contributed by atoms with van der Waals surface area (Å²) in [5, 5.41) is 8.45. The molecule has 6 rings (SSSR count). The molecule has 4 heterocycles. The van der Waals surface area contributed by atoms with Crippen LogP contribution in [-0.2, 0) is 13.2 Å². The summed E-state index contributed by atoms with van der Waals surface area (Å²) >= 11 is 0.